The van der Waals surface area contributed by atoms with Crippen molar-refractivity contribution in [2.75, 3.05) is 0 Å². The van der Waals surface area contributed by atoms with E-state index in [2.05, 4.69) is 42.8 Å². The molecule has 2 atom stereocenters. The van der Waals surface area contributed by atoms with Crippen molar-refractivity contribution >= 4 is 23.3 Å². The average Bonchev–Trinajstić information content (AvgIpc) is 3.07. The summed E-state index contributed by atoms with van der Waals surface area (Å²) in [7, 11) is 0. The maximum Gasteiger partial charge on any atom is 0.253 e. The maximum absolute atomic E-state index is 13.4. The van der Waals surface area contributed by atoms with E-state index in [-0.39, 0.29) is 17.4 Å². The van der Waals surface area contributed by atoms with Crippen molar-refractivity contribution in [3.8, 4) is 0 Å². The first-order valence-corrected chi connectivity index (χ1v) is 11.1. The molecule has 0 aromatic carbocycles. The number of aryl methyl sites for hydroxylation is 1. The van der Waals surface area contributed by atoms with Gasteiger partial charge in [0.15, 0.2) is 0 Å². The minimum absolute atomic E-state index is 0.0521. The van der Waals surface area contributed by atoms with E-state index in [0.717, 1.165) is 29.5 Å². The number of hydrogen-bond acceptors (Lipinski definition) is 3. The van der Waals surface area contributed by atoms with Crippen LogP contribution in [-0.2, 0) is 21.5 Å². The van der Waals surface area contributed by atoms with Crippen LogP contribution in [0.5, 0.6) is 0 Å². The number of aromatic nitrogens is 1. The largest absolute Gasteiger partial charge is 0.369 e. The van der Waals surface area contributed by atoms with Crippen LogP contribution in [0.4, 0.5) is 0 Å². The van der Waals surface area contributed by atoms with Gasteiger partial charge in [-0.15, -0.1) is 0 Å². The van der Waals surface area contributed by atoms with Crippen LogP contribution in [0.2, 0.25) is 0 Å². The molecular weight excluding hydrogens is 370 g/mol. The smallest absolute Gasteiger partial charge is 0.253 e. The third kappa shape index (κ3) is 3.60. The molecule has 1 heterocycles. The number of carbonyl (C=O) groups excluding carboxylic acids is 2. The maximum atomic E-state index is 13.4. The number of hydrogen-bond donors (Lipinski definition) is 1. The molecule has 0 aliphatic heterocycles. The molecule has 1 saturated carbocycles. The van der Waals surface area contributed by atoms with E-state index in [4.69, 9.17) is 5.73 Å². The van der Waals surface area contributed by atoms with Gasteiger partial charge in [-0.05, 0) is 63.4 Å². The van der Waals surface area contributed by atoms with Crippen LogP contribution in [0.1, 0.15) is 86.6 Å². The molecule has 2 amide bonds. The van der Waals surface area contributed by atoms with Crippen LogP contribution in [0.15, 0.2) is 11.2 Å². The Morgan fingerprint density at radius 2 is 1.75 bits per heavy atom. The lowest BCUT2D eigenvalue weighted by Crippen LogP contribution is -2.50. The molecule has 0 bridgehead atoms. The molecule has 0 saturated heterocycles. The van der Waals surface area contributed by atoms with Gasteiger partial charge in [0.05, 0.1) is 10.8 Å². The highest BCUT2D eigenvalue weighted by atomic mass is 32.1. The summed E-state index contributed by atoms with van der Waals surface area (Å²) in [6.07, 6.45) is 6.46. The molecule has 1 aromatic heterocycles. The fourth-order valence-corrected chi connectivity index (χ4v) is 5.13. The zero-order chi connectivity index (χ0) is 21.5. The molecule has 1 fully saturated rings. The van der Waals surface area contributed by atoms with Crippen molar-refractivity contribution in [2.45, 2.75) is 93.0 Å². The molecule has 28 heavy (non-hydrogen) atoms. The second-order valence-electron chi connectivity index (χ2n) is 10.2. The van der Waals surface area contributed by atoms with E-state index in [1.807, 2.05) is 27.7 Å². The van der Waals surface area contributed by atoms with Crippen molar-refractivity contribution in [3.05, 3.63) is 16.4 Å². The molecule has 1 aliphatic rings. The van der Waals surface area contributed by atoms with Gasteiger partial charge in [-0.2, -0.15) is 0 Å². The third-order valence-electron chi connectivity index (χ3n) is 7.30. The van der Waals surface area contributed by atoms with Gasteiger partial charge < -0.3 is 5.73 Å². The van der Waals surface area contributed by atoms with Crippen molar-refractivity contribution in [2.24, 2.45) is 27.0 Å². The first-order valence-electron chi connectivity index (χ1n) is 10.3. The molecule has 2 N–H and O–H groups in total. The Hall–Kier alpha value is -1.43. The Morgan fingerprint density at radius 1 is 1.18 bits per heavy atom. The summed E-state index contributed by atoms with van der Waals surface area (Å²) < 4.78 is 2.98. The molecule has 1 aliphatic carbocycles. The van der Waals surface area contributed by atoms with Gasteiger partial charge in [0, 0.05) is 17.3 Å². The molecule has 0 radical (unpaired) electrons. The Bertz CT molecular complexity index is 828. The normalized spacial score (nSPS) is 27.9. The second kappa shape index (κ2) is 7.43. The molecule has 0 spiro atoms. The Morgan fingerprint density at radius 3 is 2.21 bits per heavy atom. The molecule has 0 unspecified atom stereocenters. The zero-order valence-corrected chi connectivity index (χ0v) is 19.6. The van der Waals surface area contributed by atoms with Crippen LogP contribution in [0.3, 0.4) is 0 Å². The second-order valence-corrected chi connectivity index (χ2v) is 11.2. The van der Waals surface area contributed by atoms with E-state index in [0.29, 0.717) is 12.8 Å². The minimum Gasteiger partial charge on any atom is -0.369 e. The van der Waals surface area contributed by atoms with Gasteiger partial charge in [-0.1, -0.05) is 41.0 Å². The zero-order valence-electron chi connectivity index (χ0n) is 18.8. The predicted molar refractivity (Wildman–Crippen MR) is 115 cm³/mol. The first kappa shape index (κ1) is 22.9. The van der Waals surface area contributed by atoms with Gasteiger partial charge in [-0.3, -0.25) is 13.5 Å². The minimum atomic E-state index is -0.713. The number of carbonyl (C=O) groups is 2. The molecule has 6 heteroatoms. The van der Waals surface area contributed by atoms with Gasteiger partial charge in [0.2, 0.25) is 5.91 Å². The Kier molecular flexibility index (Phi) is 6.07. The van der Waals surface area contributed by atoms with Gasteiger partial charge in [0.1, 0.15) is 4.67 Å². The fourth-order valence-electron chi connectivity index (χ4n) is 4.09. The highest BCUT2D eigenvalue weighted by molar-refractivity contribution is 7.04. The molecular formula is C22H37N3O2S. The Balaban J connectivity index is 2.52. The summed E-state index contributed by atoms with van der Waals surface area (Å²) in [6, 6.07) is 0. The highest BCUT2D eigenvalue weighted by Crippen LogP contribution is 2.62. The topological polar surface area (TPSA) is 77.4 Å². The van der Waals surface area contributed by atoms with Crippen LogP contribution < -0.4 is 10.4 Å². The van der Waals surface area contributed by atoms with Gasteiger partial charge >= 0.3 is 0 Å². The predicted octanol–water partition coefficient (Wildman–Crippen LogP) is 4.39. The number of nitrogens with zero attached hydrogens (tertiary/aromatic N) is 2. The lowest BCUT2D eigenvalue weighted by molar-refractivity contribution is -0.141. The van der Waals surface area contributed by atoms with E-state index >= 15 is 0 Å². The standard InChI is InChI=1S/C22H37N3O2S/c1-9-10-11-15-14-25(19(2,3)4)28-16(15)24-18(27)22(8)13-12-21(7,17(23)26)20(22,5)6/h14H,9-13H2,1-8H3,(H2,23,26)/b24-16-/t21-,22+/m1/s1. The van der Waals surface area contributed by atoms with Crippen molar-refractivity contribution in [1.82, 2.24) is 3.96 Å². The third-order valence-corrected chi connectivity index (χ3v) is 8.67. The molecule has 158 valence electrons. The number of unbranched alkanes of at least 4 members (excludes halogenated alkanes) is 1. The summed E-state index contributed by atoms with van der Waals surface area (Å²) in [5, 5.41) is 0. The summed E-state index contributed by atoms with van der Waals surface area (Å²) in [4.78, 5) is 30.2. The SMILES string of the molecule is CCCCc1cn(C(C)(C)C)s/c1=N\C(=O)[C@]1(C)CC[C@](C)(C(N)=O)C1(C)C. The molecule has 5 nitrogen and oxygen atoms in total. The lowest BCUT2D eigenvalue weighted by atomic mass is 9.59. The van der Waals surface area contributed by atoms with E-state index < -0.39 is 16.2 Å². The highest BCUT2D eigenvalue weighted by Gasteiger charge is 2.64. The van der Waals surface area contributed by atoms with Gasteiger partial charge in [-0.25, -0.2) is 4.99 Å². The summed E-state index contributed by atoms with van der Waals surface area (Å²) in [5.41, 5.74) is 4.82. The van der Waals surface area contributed by atoms with Crippen LogP contribution >= 0.6 is 11.5 Å². The van der Waals surface area contributed by atoms with Crippen LogP contribution in [0.25, 0.3) is 0 Å². The first-order chi connectivity index (χ1) is 12.7. The lowest BCUT2D eigenvalue weighted by Gasteiger charge is -2.43. The summed E-state index contributed by atoms with van der Waals surface area (Å²) in [6.45, 7) is 16.4. The van der Waals surface area contributed by atoms with Crippen molar-refractivity contribution in [1.29, 1.82) is 0 Å². The van der Waals surface area contributed by atoms with Crippen LogP contribution in [0, 0.1) is 16.2 Å². The summed E-state index contributed by atoms with van der Waals surface area (Å²) >= 11 is 1.55. The number of amides is 2. The van der Waals surface area contributed by atoms with E-state index in [9.17, 15) is 9.59 Å². The number of primary amides is 1. The average molecular weight is 408 g/mol. The number of nitrogens with two attached hydrogens (primary N) is 1. The summed E-state index contributed by atoms with van der Waals surface area (Å²) in [5.74, 6) is -0.470. The monoisotopic (exact) mass is 407 g/mol. The van der Waals surface area contributed by atoms with Gasteiger partial charge in [0.25, 0.3) is 5.91 Å². The Labute approximate surface area is 173 Å². The number of rotatable bonds is 5. The van der Waals surface area contributed by atoms with Crippen molar-refractivity contribution < 1.29 is 9.59 Å². The fraction of sp³-hybridized carbons (Fsp3) is 0.773. The molecule has 1 aromatic rings. The quantitative estimate of drug-likeness (QED) is 0.785. The van der Waals surface area contributed by atoms with E-state index in [1.165, 1.54) is 0 Å². The van der Waals surface area contributed by atoms with E-state index in [1.54, 1.807) is 11.5 Å². The van der Waals surface area contributed by atoms with Crippen LogP contribution in [-0.4, -0.2) is 15.8 Å². The van der Waals surface area contributed by atoms with Crippen molar-refractivity contribution in [3.63, 3.8) is 0 Å². The molecule has 2 rings (SSSR count).